The number of benzene rings is 6. The molecule has 8 nitrogen and oxygen atoms in total. The van der Waals surface area contributed by atoms with Gasteiger partial charge in [-0.15, -0.1) is 11.8 Å². The van der Waals surface area contributed by atoms with Crippen molar-refractivity contribution in [2.75, 3.05) is 23.9 Å². The molecular formula is C55H60FN3O5S2. The number of nitrogens with one attached hydrogen (secondary N) is 3. The van der Waals surface area contributed by atoms with Gasteiger partial charge in [0.2, 0.25) is 0 Å². The minimum absolute atomic E-state index is 0.0557. The Morgan fingerprint density at radius 3 is 1.97 bits per heavy atom. The molecule has 1 aliphatic rings. The van der Waals surface area contributed by atoms with Crippen molar-refractivity contribution in [2.45, 2.75) is 86.3 Å². The van der Waals surface area contributed by atoms with Gasteiger partial charge in [-0.05, 0) is 117 Å². The molecule has 7 rings (SSSR count). The van der Waals surface area contributed by atoms with E-state index in [1.807, 2.05) is 69.1 Å². The number of para-hydroxylation sites is 1. The maximum atomic E-state index is 14.6. The van der Waals surface area contributed by atoms with Gasteiger partial charge in [0.15, 0.2) is 0 Å². The van der Waals surface area contributed by atoms with Crippen molar-refractivity contribution in [3.8, 4) is 5.75 Å². The van der Waals surface area contributed by atoms with E-state index in [-0.39, 0.29) is 22.9 Å². The van der Waals surface area contributed by atoms with Crippen molar-refractivity contribution in [1.29, 1.82) is 0 Å². The van der Waals surface area contributed by atoms with E-state index in [1.165, 1.54) is 18.2 Å². The Bertz CT molecular complexity index is 2410. The molecule has 0 aromatic heterocycles. The number of phenols is 1. The van der Waals surface area contributed by atoms with Crippen LogP contribution in [0.4, 0.5) is 10.1 Å². The van der Waals surface area contributed by atoms with E-state index >= 15 is 0 Å². The number of phenolic OH excluding ortho intramolecular Hbond substituents is 1. The lowest BCUT2D eigenvalue weighted by Gasteiger charge is -2.37. The lowest BCUT2D eigenvalue weighted by molar-refractivity contribution is -0.156. The van der Waals surface area contributed by atoms with Gasteiger partial charge in [0.25, 0.3) is 5.91 Å². The summed E-state index contributed by atoms with van der Waals surface area (Å²) in [4.78, 5) is 29.0. The number of rotatable bonds is 19. The average Bonchev–Trinajstić information content (AvgIpc) is 3.79. The maximum absolute atomic E-state index is 14.6. The highest BCUT2D eigenvalue weighted by Gasteiger charge is 2.44. The molecule has 1 heterocycles. The number of amides is 1. The van der Waals surface area contributed by atoms with E-state index in [0.717, 1.165) is 27.8 Å². The van der Waals surface area contributed by atoms with E-state index in [1.54, 1.807) is 48.2 Å². The predicted octanol–water partition coefficient (Wildman–Crippen LogP) is 10.5. The highest BCUT2D eigenvalue weighted by Crippen LogP contribution is 2.51. The summed E-state index contributed by atoms with van der Waals surface area (Å²) in [7, 11) is 0. The van der Waals surface area contributed by atoms with Crippen molar-refractivity contribution >= 4 is 41.1 Å². The fourth-order valence-corrected chi connectivity index (χ4v) is 11.0. The van der Waals surface area contributed by atoms with Crippen molar-refractivity contribution < 1.29 is 28.9 Å². The van der Waals surface area contributed by atoms with Crippen LogP contribution in [-0.4, -0.2) is 69.6 Å². The fraction of sp³-hybridized carbons (Fsp3) is 0.309. The number of carbonyl (C=O) groups excluding carboxylic acids is 2. The molecule has 4 unspecified atom stereocenters. The quantitative estimate of drug-likeness (QED) is 0.0400. The lowest BCUT2D eigenvalue weighted by Crippen LogP contribution is -2.48. The summed E-state index contributed by atoms with van der Waals surface area (Å²) in [6, 6.07) is 48.3. The summed E-state index contributed by atoms with van der Waals surface area (Å²) in [5.74, 6) is -0.544. The molecule has 1 fully saturated rings. The molecule has 344 valence electrons. The molecule has 6 aromatic rings. The van der Waals surface area contributed by atoms with Crippen LogP contribution in [-0.2, 0) is 27.1 Å². The number of anilines is 1. The minimum Gasteiger partial charge on any atom is -0.508 e. The SMILES string of the molecule is CSCC[C@H](NC(=O)c1cc(NC(C(=O)OC(C)(C)C)C2CC(SC(c3ccccc3)(c3ccccc3)c3ccccc3)CN2)ccc1CCc1ccc(F)cc1)C(O)c1ccccc1O. The zero-order valence-corrected chi connectivity index (χ0v) is 39.6. The first-order chi connectivity index (χ1) is 31.8. The van der Waals surface area contributed by atoms with Crippen LogP contribution < -0.4 is 16.0 Å². The Morgan fingerprint density at radius 2 is 1.39 bits per heavy atom. The fourth-order valence-electron chi connectivity index (χ4n) is 8.70. The molecule has 1 saturated heterocycles. The van der Waals surface area contributed by atoms with Crippen LogP contribution in [0.3, 0.4) is 0 Å². The summed E-state index contributed by atoms with van der Waals surface area (Å²) in [6.07, 6.45) is 2.88. The number of halogens is 1. The number of esters is 1. The molecule has 0 radical (unpaired) electrons. The summed E-state index contributed by atoms with van der Waals surface area (Å²) in [5.41, 5.74) is 5.62. The number of aryl methyl sites for hydroxylation is 2. The molecule has 1 aliphatic heterocycles. The molecule has 6 aromatic carbocycles. The normalized spacial score (nSPS) is 16.5. The first-order valence-electron chi connectivity index (χ1n) is 22.5. The maximum Gasteiger partial charge on any atom is 0.330 e. The number of aliphatic hydroxyl groups is 1. The molecule has 11 heteroatoms. The second kappa shape index (κ2) is 22.3. The van der Waals surface area contributed by atoms with Crippen molar-refractivity contribution in [2.24, 2.45) is 0 Å². The Balaban J connectivity index is 1.21. The smallest absolute Gasteiger partial charge is 0.330 e. The number of aromatic hydroxyl groups is 1. The first kappa shape index (κ1) is 48.3. The average molecular weight is 926 g/mol. The number of carbonyl (C=O) groups is 2. The molecule has 66 heavy (non-hydrogen) atoms. The molecule has 0 aliphatic carbocycles. The number of hydrogen-bond acceptors (Lipinski definition) is 9. The summed E-state index contributed by atoms with van der Waals surface area (Å²) >= 11 is 3.48. The molecule has 5 atom stereocenters. The van der Waals surface area contributed by atoms with E-state index in [9.17, 15) is 24.2 Å². The number of aliphatic hydroxyl groups excluding tert-OH is 1. The monoisotopic (exact) mass is 925 g/mol. The van der Waals surface area contributed by atoms with Crippen LogP contribution >= 0.6 is 23.5 Å². The topological polar surface area (TPSA) is 120 Å². The molecule has 0 bridgehead atoms. The van der Waals surface area contributed by atoms with Gasteiger partial charge >= 0.3 is 5.97 Å². The van der Waals surface area contributed by atoms with Crippen LogP contribution in [0, 0.1) is 5.82 Å². The van der Waals surface area contributed by atoms with Gasteiger partial charge in [0.1, 0.15) is 29.3 Å². The third-order valence-electron chi connectivity index (χ3n) is 11.9. The van der Waals surface area contributed by atoms with Gasteiger partial charge in [-0.3, -0.25) is 4.79 Å². The number of ether oxygens (including phenoxy) is 1. The van der Waals surface area contributed by atoms with Crippen LogP contribution in [0.2, 0.25) is 0 Å². The summed E-state index contributed by atoms with van der Waals surface area (Å²) < 4.78 is 19.4. The lowest BCUT2D eigenvalue weighted by atomic mass is 9.84. The van der Waals surface area contributed by atoms with Crippen LogP contribution in [0.25, 0.3) is 0 Å². The highest BCUT2D eigenvalue weighted by molar-refractivity contribution is 8.01. The highest BCUT2D eigenvalue weighted by atomic mass is 32.2. The zero-order valence-electron chi connectivity index (χ0n) is 38.0. The molecular weight excluding hydrogens is 866 g/mol. The van der Waals surface area contributed by atoms with Crippen molar-refractivity contribution in [1.82, 2.24) is 10.6 Å². The van der Waals surface area contributed by atoms with E-state index < -0.39 is 40.4 Å². The second-order valence-corrected chi connectivity index (χ2v) is 20.3. The Hall–Kier alpha value is -5.59. The molecule has 1 amide bonds. The number of hydrogen-bond donors (Lipinski definition) is 5. The third-order valence-corrected chi connectivity index (χ3v) is 14.3. The van der Waals surface area contributed by atoms with E-state index in [4.69, 9.17) is 4.74 Å². The molecule has 5 N–H and O–H groups in total. The third kappa shape index (κ3) is 12.0. The van der Waals surface area contributed by atoms with Crippen LogP contribution in [0.1, 0.15) is 83.5 Å². The Kier molecular flexibility index (Phi) is 16.3. The second-order valence-electron chi connectivity index (χ2n) is 17.8. The van der Waals surface area contributed by atoms with Gasteiger partial charge in [-0.25, -0.2) is 9.18 Å². The van der Waals surface area contributed by atoms with E-state index in [2.05, 4.69) is 88.7 Å². The van der Waals surface area contributed by atoms with Crippen molar-refractivity contribution in [3.05, 3.63) is 202 Å². The predicted molar refractivity (Wildman–Crippen MR) is 268 cm³/mol. The van der Waals surface area contributed by atoms with Gasteiger partial charge in [-0.2, -0.15) is 11.8 Å². The zero-order chi connectivity index (χ0) is 46.7. The largest absolute Gasteiger partial charge is 0.508 e. The number of thioether (sulfide) groups is 2. The summed E-state index contributed by atoms with van der Waals surface area (Å²) in [5, 5.41) is 32.6. The summed E-state index contributed by atoms with van der Waals surface area (Å²) in [6.45, 7) is 6.20. The Labute approximate surface area is 397 Å². The molecule has 0 saturated carbocycles. The van der Waals surface area contributed by atoms with Crippen LogP contribution in [0.15, 0.2) is 158 Å². The van der Waals surface area contributed by atoms with Gasteiger partial charge in [0.05, 0.1) is 10.8 Å². The van der Waals surface area contributed by atoms with Crippen LogP contribution in [0.5, 0.6) is 5.75 Å². The van der Waals surface area contributed by atoms with Gasteiger partial charge < -0.3 is 30.9 Å². The molecule has 0 spiro atoms. The van der Waals surface area contributed by atoms with Gasteiger partial charge in [-0.1, -0.05) is 127 Å². The minimum atomic E-state index is -1.17. The standard InChI is InChI=1S/C55H60FN3O5S2/c1-54(2,3)64-53(63)50(48-35-44(36-57-48)66-55(39-16-8-5-9-17-39,40-18-10-6-11-19-40)41-20-12-7-13-21-41)58-43-31-28-38(27-24-37-25-29-42(56)30-26-37)46(34-43)52(62)59-47(32-33-65-4)51(61)45-22-14-15-23-49(45)60/h5-23,25-26,28-31,34,44,47-48,50-51,57-58,60-61H,24,27,32-33,35-36H2,1-4H3,(H,59,62)/t44?,47-,48?,50?,51?/m0/s1. The first-order valence-corrected chi connectivity index (χ1v) is 24.8. The van der Waals surface area contributed by atoms with E-state index in [0.29, 0.717) is 54.8 Å². The van der Waals surface area contributed by atoms with Crippen molar-refractivity contribution in [3.63, 3.8) is 0 Å². The van der Waals surface area contributed by atoms with Gasteiger partial charge in [0, 0.05) is 34.7 Å². The Morgan fingerprint density at radius 1 is 0.803 bits per heavy atom.